The highest BCUT2D eigenvalue weighted by Crippen LogP contribution is 2.27. The van der Waals surface area contributed by atoms with Crippen LogP contribution in [0.4, 0.5) is 5.69 Å². The van der Waals surface area contributed by atoms with Gasteiger partial charge in [-0.3, -0.25) is 15.0 Å². The van der Waals surface area contributed by atoms with Crippen molar-refractivity contribution in [3.05, 3.63) is 38.9 Å². The van der Waals surface area contributed by atoms with Crippen molar-refractivity contribution < 1.29 is 4.92 Å². The van der Waals surface area contributed by atoms with E-state index in [2.05, 4.69) is 4.90 Å². The van der Waals surface area contributed by atoms with Crippen LogP contribution in [0.1, 0.15) is 24.8 Å². The first-order valence-electron chi connectivity index (χ1n) is 6.95. The van der Waals surface area contributed by atoms with Crippen LogP contribution >= 0.6 is 11.6 Å². The second kappa shape index (κ2) is 7.02. The largest absolute Gasteiger partial charge is 0.330 e. The number of nitro groups is 1. The Morgan fingerprint density at radius 1 is 1.40 bits per heavy atom. The van der Waals surface area contributed by atoms with E-state index in [-0.39, 0.29) is 10.6 Å². The van der Waals surface area contributed by atoms with Crippen LogP contribution in [0, 0.1) is 16.0 Å². The number of nitrogens with two attached hydrogens (primary N) is 1. The van der Waals surface area contributed by atoms with Crippen molar-refractivity contribution in [3.8, 4) is 0 Å². The summed E-state index contributed by atoms with van der Waals surface area (Å²) in [6.07, 6.45) is 3.33. The summed E-state index contributed by atoms with van der Waals surface area (Å²) in [6.45, 7) is 3.31. The molecule has 1 aliphatic rings. The smallest absolute Gasteiger partial charge is 0.275 e. The summed E-state index contributed by atoms with van der Waals surface area (Å²) >= 11 is 5.83. The molecule has 6 heteroatoms. The summed E-state index contributed by atoms with van der Waals surface area (Å²) in [5.74, 6) is 0.705. The van der Waals surface area contributed by atoms with E-state index in [9.17, 15) is 10.1 Å². The van der Waals surface area contributed by atoms with Gasteiger partial charge in [-0.25, -0.2) is 0 Å². The Morgan fingerprint density at radius 2 is 2.10 bits per heavy atom. The fourth-order valence-electron chi connectivity index (χ4n) is 2.75. The van der Waals surface area contributed by atoms with Gasteiger partial charge in [-0.15, -0.1) is 0 Å². The monoisotopic (exact) mass is 297 g/mol. The molecule has 0 aromatic heterocycles. The zero-order valence-corrected chi connectivity index (χ0v) is 12.2. The van der Waals surface area contributed by atoms with Crippen LogP contribution in [0.25, 0.3) is 0 Å². The molecule has 1 aromatic carbocycles. The van der Waals surface area contributed by atoms with Gasteiger partial charge in [0.1, 0.15) is 0 Å². The van der Waals surface area contributed by atoms with Crippen molar-refractivity contribution in [2.45, 2.75) is 25.8 Å². The van der Waals surface area contributed by atoms with Crippen molar-refractivity contribution >= 4 is 17.3 Å². The Morgan fingerprint density at radius 3 is 2.70 bits per heavy atom. The summed E-state index contributed by atoms with van der Waals surface area (Å²) < 4.78 is 0. The molecule has 110 valence electrons. The number of rotatable bonds is 5. The Labute approximate surface area is 123 Å². The van der Waals surface area contributed by atoms with Crippen LogP contribution < -0.4 is 5.73 Å². The molecule has 0 radical (unpaired) electrons. The molecule has 5 nitrogen and oxygen atoms in total. The Bertz CT molecular complexity index is 473. The summed E-state index contributed by atoms with van der Waals surface area (Å²) in [5, 5.41) is 11.5. The van der Waals surface area contributed by atoms with Gasteiger partial charge >= 0.3 is 0 Å². The standard InChI is InChI=1S/C14H20ClN3O2/c15-13-2-1-12(14(9-13)18(19)20)10-17-7-4-11(3-6-16)5-8-17/h1-2,9,11H,3-8,10,16H2. The van der Waals surface area contributed by atoms with E-state index in [0.717, 1.165) is 44.5 Å². The fourth-order valence-corrected chi connectivity index (χ4v) is 2.92. The van der Waals surface area contributed by atoms with E-state index in [0.29, 0.717) is 17.5 Å². The average molecular weight is 298 g/mol. The Balaban J connectivity index is 1.99. The summed E-state index contributed by atoms with van der Waals surface area (Å²) in [4.78, 5) is 13.0. The quantitative estimate of drug-likeness (QED) is 0.670. The maximum atomic E-state index is 11.1. The van der Waals surface area contributed by atoms with Gasteiger partial charge in [-0.1, -0.05) is 11.6 Å². The minimum atomic E-state index is -0.359. The van der Waals surface area contributed by atoms with Gasteiger partial charge in [0.15, 0.2) is 0 Å². The molecule has 0 unspecified atom stereocenters. The van der Waals surface area contributed by atoms with Gasteiger partial charge in [0, 0.05) is 23.2 Å². The van der Waals surface area contributed by atoms with Crippen molar-refractivity contribution in [1.29, 1.82) is 0 Å². The highest BCUT2D eigenvalue weighted by Gasteiger charge is 2.21. The normalized spacial score (nSPS) is 17.3. The average Bonchev–Trinajstić information content (AvgIpc) is 2.43. The molecule has 2 N–H and O–H groups in total. The lowest BCUT2D eigenvalue weighted by molar-refractivity contribution is -0.385. The summed E-state index contributed by atoms with van der Waals surface area (Å²) in [7, 11) is 0. The van der Waals surface area contributed by atoms with Gasteiger partial charge in [0.05, 0.1) is 4.92 Å². The van der Waals surface area contributed by atoms with Gasteiger partial charge < -0.3 is 5.73 Å². The van der Waals surface area contributed by atoms with Crippen LogP contribution in [-0.4, -0.2) is 29.5 Å². The van der Waals surface area contributed by atoms with E-state index < -0.39 is 0 Å². The van der Waals surface area contributed by atoms with Gasteiger partial charge in [-0.05, 0) is 56.9 Å². The first kappa shape index (κ1) is 15.2. The molecule has 0 aliphatic carbocycles. The molecular weight excluding hydrogens is 278 g/mol. The predicted octanol–water partition coefficient (Wildman–Crippen LogP) is 2.81. The minimum absolute atomic E-state index is 0.113. The second-order valence-electron chi connectivity index (χ2n) is 5.33. The summed E-state index contributed by atoms with van der Waals surface area (Å²) in [6, 6.07) is 4.90. The maximum Gasteiger partial charge on any atom is 0.275 e. The topological polar surface area (TPSA) is 72.4 Å². The lowest BCUT2D eigenvalue weighted by Gasteiger charge is -2.31. The Kier molecular flexibility index (Phi) is 5.34. The van der Waals surface area contributed by atoms with E-state index >= 15 is 0 Å². The van der Waals surface area contributed by atoms with E-state index in [4.69, 9.17) is 17.3 Å². The number of halogens is 1. The van der Waals surface area contributed by atoms with Crippen LogP contribution in [0.5, 0.6) is 0 Å². The number of likely N-dealkylation sites (tertiary alicyclic amines) is 1. The van der Waals surface area contributed by atoms with E-state index in [1.54, 1.807) is 12.1 Å². The number of hydrogen-bond donors (Lipinski definition) is 1. The van der Waals surface area contributed by atoms with Crippen LogP contribution in [0.2, 0.25) is 5.02 Å². The lowest BCUT2D eigenvalue weighted by Crippen LogP contribution is -2.34. The molecule has 0 atom stereocenters. The molecule has 0 spiro atoms. The fraction of sp³-hybridized carbons (Fsp3) is 0.571. The molecule has 1 aromatic rings. The number of nitrogens with zero attached hydrogens (tertiary/aromatic N) is 2. The zero-order valence-electron chi connectivity index (χ0n) is 11.4. The number of piperidine rings is 1. The lowest BCUT2D eigenvalue weighted by atomic mass is 9.93. The molecule has 1 fully saturated rings. The van der Waals surface area contributed by atoms with Gasteiger partial charge in [-0.2, -0.15) is 0 Å². The first-order chi connectivity index (χ1) is 9.60. The maximum absolute atomic E-state index is 11.1. The third-order valence-corrected chi connectivity index (χ3v) is 4.16. The predicted molar refractivity (Wildman–Crippen MR) is 79.8 cm³/mol. The molecular formula is C14H20ClN3O2. The number of benzene rings is 1. The Hall–Kier alpha value is -1.17. The zero-order chi connectivity index (χ0) is 14.5. The van der Waals surface area contributed by atoms with Crippen LogP contribution in [-0.2, 0) is 6.54 Å². The molecule has 20 heavy (non-hydrogen) atoms. The number of hydrogen-bond acceptors (Lipinski definition) is 4. The number of nitro benzene ring substituents is 1. The third kappa shape index (κ3) is 3.91. The second-order valence-corrected chi connectivity index (χ2v) is 5.76. The third-order valence-electron chi connectivity index (χ3n) is 3.92. The SMILES string of the molecule is NCCC1CCN(Cc2ccc(Cl)cc2[N+](=O)[O-])CC1. The molecule has 0 saturated carbocycles. The van der Waals surface area contributed by atoms with Crippen molar-refractivity contribution in [1.82, 2.24) is 4.90 Å². The molecule has 1 heterocycles. The van der Waals surface area contributed by atoms with E-state index in [1.165, 1.54) is 6.07 Å². The highest BCUT2D eigenvalue weighted by atomic mass is 35.5. The minimum Gasteiger partial charge on any atom is -0.330 e. The summed E-state index contributed by atoms with van der Waals surface area (Å²) in [5.41, 5.74) is 6.43. The van der Waals surface area contributed by atoms with Crippen LogP contribution in [0.15, 0.2) is 18.2 Å². The van der Waals surface area contributed by atoms with Crippen LogP contribution in [0.3, 0.4) is 0 Å². The molecule has 1 aliphatic heterocycles. The molecule has 2 rings (SSSR count). The first-order valence-corrected chi connectivity index (χ1v) is 7.33. The van der Waals surface area contributed by atoms with E-state index in [1.807, 2.05) is 0 Å². The van der Waals surface area contributed by atoms with Crippen molar-refractivity contribution in [2.75, 3.05) is 19.6 Å². The van der Waals surface area contributed by atoms with Gasteiger partial charge in [0.2, 0.25) is 0 Å². The molecule has 0 amide bonds. The molecule has 1 saturated heterocycles. The van der Waals surface area contributed by atoms with Crippen molar-refractivity contribution in [2.24, 2.45) is 11.7 Å². The van der Waals surface area contributed by atoms with Crippen molar-refractivity contribution in [3.63, 3.8) is 0 Å². The highest BCUT2D eigenvalue weighted by molar-refractivity contribution is 6.30. The molecule has 0 bridgehead atoms. The van der Waals surface area contributed by atoms with Gasteiger partial charge in [0.25, 0.3) is 5.69 Å².